The molecule has 0 amide bonds. The van der Waals surface area contributed by atoms with Gasteiger partial charge < -0.3 is 9.47 Å². The minimum absolute atomic E-state index is 0.145. The average molecular weight is 417 g/mol. The largest absolute Gasteiger partial charge is 0.458 e. The molecule has 0 saturated carbocycles. The predicted octanol–water partition coefficient (Wildman–Crippen LogP) is 5.52. The number of rotatable bonds is 9. The van der Waals surface area contributed by atoms with Gasteiger partial charge in [-0.15, -0.1) is 0 Å². The predicted molar refractivity (Wildman–Crippen MR) is 120 cm³/mol. The molecule has 0 aliphatic heterocycles. The molecular formula is C27H28O4. The molecule has 0 radical (unpaired) electrons. The monoisotopic (exact) mass is 416 g/mol. The summed E-state index contributed by atoms with van der Waals surface area (Å²) in [7, 11) is 0. The zero-order valence-electron chi connectivity index (χ0n) is 17.9. The molecular weight excluding hydrogens is 388 g/mol. The molecule has 0 aliphatic rings. The highest BCUT2D eigenvalue weighted by molar-refractivity contribution is 5.85. The third kappa shape index (κ3) is 6.54. The van der Waals surface area contributed by atoms with Crippen LogP contribution in [0.15, 0.2) is 91.0 Å². The van der Waals surface area contributed by atoms with Crippen molar-refractivity contribution in [3.63, 3.8) is 0 Å². The summed E-state index contributed by atoms with van der Waals surface area (Å²) >= 11 is 0. The van der Waals surface area contributed by atoms with Crippen LogP contribution in [0.25, 0.3) is 0 Å². The van der Waals surface area contributed by atoms with Crippen LogP contribution >= 0.6 is 0 Å². The van der Waals surface area contributed by atoms with Gasteiger partial charge in [0.05, 0.1) is 0 Å². The van der Waals surface area contributed by atoms with Crippen LogP contribution in [0.3, 0.4) is 0 Å². The van der Waals surface area contributed by atoms with E-state index in [1.807, 2.05) is 105 Å². The van der Waals surface area contributed by atoms with Crippen molar-refractivity contribution in [1.82, 2.24) is 0 Å². The second-order valence-electron chi connectivity index (χ2n) is 7.90. The van der Waals surface area contributed by atoms with E-state index in [4.69, 9.17) is 9.47 Å². The van der Waals surface area contributed by atoms with E-state index in [9.17, 15) is 9.59 Å². The molecule has 160 valence electrons. The van der Waals surface area contributed by atoms with Gasteiger partial charge in [0.2, 0.25) is 0 Å². The van der Waals surface area contributed by atoms with Crippen LogP contribution in [0.5, 0.6) is 0 Å². The lowest BCUT2D eigenvalue weighted by molar-refractivity contribution is -0.170. The van der Waals surface area contributed by atoms with E-state index in [2.05, 4.69) is 0 Å². The molecule has 0 aliphatic carbocycles. The lowest BCUT2D eigenvalue weighted by Crippen LogP contribution is -2.32. The molecule has 0 unspecified atom stereocenters. The molecule has 0 fully saturated rings. The van der Waals surface area contributed by atoms with Crippen molar-refractivity contribution in [3.8, 4) is 0 Å². The van der Waals surface area contributed by atoms with Crippen molar-refractivity contribution in [2.24, 2.45) is 5.92 Å². The van der Waals surface area contributed by atoms with Crippen molar-refractivity contribution in [3.05, 3.63) is 108 Å². The zero-order chi connectivity index (χ0) is 22.1. The van der Waals surface area contributed by atoms with E-state index < -0.39 is 24.0 Å². The van der Waals surface area contributed by atoms with Gasteiger partial charge in [0.1, 0.15) is 12.5 Å². The van der Waals surface area contributed by atoms with Crippen LogP contribution in [0.4, 0.5) is 0 Å². The average Bonchev–Trinajstić information content (AvgIpc) is 2.79. The van der Waals surface area contributed by atoms with Crippen molar-refractivity contribution in [2.45, 2.75) is 38.9 Å². The van der Waals surface area contributed by atoms with E-state index in [0.717, 1.165) is 16.7 Å². The topological polar surface area (TPSA) is 52.6 Å². The number of carbonyl (C=O) groups excluding carboxylic acids is 2. The quantitative estimate of drug-likeness (QED) is 0.431. The maximum absolute atomic E-state index is 13.3. The van der Waals surface area contributed by atoms with Crippen LogP contribution in [-0.4, -0.2) is 18.0 Å². The Balaban J connectivity index is 1.78. The number of carbonyl (C=O) groups is 2. The summed E-state index contributed by atoms with van der Waals surface area (Å²) in [5, 5.41) is 0. The second kappa shape index (κ2) is 11.1. The molecule has 4 heteroatoms. The molecule has 0 aromatic heterocycles. The van der Waals surface area contributed by atoms with Gasteiger partial charge in [-0.05, 0) is 29.0 Å². The number of benzene rings is 3. The highest BCUT2D eigenvalue weighted by atomic mass is 16.6. The molecule has 0 heterocycles. The van der Waals surface area contributed by atoms with Crippen molar-refractivity contribution >= 4 is 11.9 Å². The summed E-state index contributed by atoms with van der Waals surface area (Å²) in [5.74, 6) is -1.43. The Bertz CT molecular complexity index is 913. The van der Waals surface area contributed by atoms with Gasteiger partial charge in [-0.2, -0.15) is 0 Å². The first-order valence-corrected chi connectivity index (χ1v) is 10.6. The van der Waals surface area contributed by atoms with Crippen molar-refractivity contribution in [1.29, 1.82) is 0 Å². The standard InChI is InChI=1S/C27H28O4/c1-20(2)18-24(26(28)30-19-21-12-6-3-7-13-21)31-27(29)25(22-14-8-4-9-15-22)23-16-10-5-11-17-23/h3-17,20,24-25H,18-19H2,1-2H3/t24-/m1/s1. The summed E-state index contributed by atoms with van der Waals surface area (Å²) < 4.78 is 11.2. The molecule has 3 aromatic rings. The maximum atomic E-state index is 13.3. The first kappa shape index (κ1) is 22.3. The minimum Gasteiger partial charge on any atom is -0.458 e. The summed E-state index contributed by atoms with van der Waals surface area (Å²) in [5.41, 5.74) is 2.52. The highest BCUT2D eigenvalue weighted by Gasteiger charge is 2.31. The third-order valence-electron chi connectivity index (χ3n) is 4.93. The highest BCUT2D eigenvalue weighted by Crippen LogP contribution is 2.27. The first-order chi connectivity index (χ1) is 15.0. The van der Waals surface area contributed by atoms with Crippen LogP contribution in [0, 0.1) is 5.92 Å². The Hall–Kier alpha value is -3.40. The van der Waals surface area contributed by atoms with E-state index in [1.54, 1.807) is 0 Å². The van der Waals surface area contributed by atoms with E-state index in [0.29, 0.717) is 6.42 Å². The molecule has 3 aromatic carbocycles. The fraction of sp³-hybridized carbons (Fsp3) is 0.259. The lowest BCUT2D eigenvalue weighted by Gasteiger charge is -2.23. The van der Waals surface area contributed by atoms with Gasteiger partial charge in [0.15, 0.2) is 6.10 Å². The molecule has 4 nitrogen and oxygen atoms in total. The summed E-state index contributed by atoms with van der Waals surface area (Å²) in [6.07, 6.45) is -0.554. The normalized spacial score (nSPS) is 11.9. The van der Waals surface area contributed by atoms with Crippen LogP contribution in [0.1, 0.15) is 42.9 Å². The summed E-state index contributed by atoms with van der Waals surface area (Å²) in [6, 6.07) is 28.4. The molecule has 3 rings (SSSR count). The smallest absolute Gasteiger partial charge is 0.347 e. The molecule has 0 N–H and O–H groups in total. The molecule has 0 saturated heterocycles. The number of hydrogen-bond donors (Lipinski definition) is 0. The fourth-order valence-corrected chi connectivity index (χ4v) is 3.41. The molecule has 0 bridgehead atoms. The minimum atomic E-state index is -0.953. The zero-order valence-corrected chi connectivity index (χ0v) is 17.9. The van der Waals surface area contributed by atoms with Crippen LogP contribution in [-0.2, 0) is 25.7 Å². The van der Waals surface area contributed by atoms with Gasteiger partial charge in [-0.3, -0.25) is 4.79 Å². The van der Waals surface area contributed by atoms with Gasteiger partial charge in [-0.1, -0.05) is 105 Å². The lowest BCUT2D eigenvalue weighted by atomic mass is 9.91. The first-order valence-electron chi connectivity index (χ1n) is 10.6. The van der Waals surface area contributed by atoms with Crippen molar-refractivity contribution < 1.29 is 19.1 Å². The number of esters is 2. The SMILES string of the molecule is CC(C)C[C@@H](OC(=O)C(c1ccccc1)c1ccccc1)C(=O)OCc1ccccc1. The fourth-order valence-electron chi connectivity index (χ4n) is 3.41. The van der Waals surface area contributed by atoms with Crippen molar-refractivity contribution in [2.75, 3.05) is 0 Å². The van der Waals surface area contributed by atoms with E-state index >= 15 is 0 Å². The maximum Gasteiger partial charge on any atom is 0.347 e. The van der Waals surface area contributed by atoms with Gasteiger partial charge in [0, 0.05) is 0 Å². The second-order valence-corrected chi connectivity index (χ2v) is 7.90. The molecule has 0 spiro atoms. The van der Waals surface area contributed by atoms with Gasteiger partial charge in [-0.25, -0.2) is 4.79 Å². The van der Waals surface area contributed by atoms with Gasteiger partial charge >= 0.3 is 11.9 Å². The Morgan fingerprint density at radius 1 is 0.710 bits per heavy atom. The number of ether oxygens (including phenoxy) is 2. The summed E-state index contributed by atoms with van der Waals surface area (Å²) in [4.78, 5) is 26.1. The van der Waals surface area contributed by atoms with E-state index in [-0.39, 0.29) is 12.5 Å². The molecule has 31 heavy (non-hydrogen) atoms. The Kier molecular flexibility index (Phi) is 7.99. The van der Waals surface area contributed by atoms with Crippen LogP contribution in [0.2, 0.25) is 0 Å². The van der Waals surface area contributed by atoms with E-state index in [1.165, 1.54) is 0 Å². The Morgan fingerprint density at radius 3 is 1.68 bits per heavy atom. The Morgan fingerprint density at radius 2 is 1.19 bits per heavy atom. The summed E-state index contributed by atoms with van der Waals surface area (Å²) in [6.45, 7) is 4.11. The number of hydrogen-bond acceptors (Lipinski definition) is 4. The van der Waals surface area contributed by atoms with Crippen LogP contribution < -0.4 is 0 Å². The van der Waals surface area contributed by atoms with Gasteiger partial charge in [0.25, 0.3) is 0 Å². The Labute approximate surface area is 183 Å². The third-order valence-corrected chi connectivity index (χ3v) is 4.93. The molecule has 1 atom stereocenters.